The fraction of sp³-hybridized carbons (Fsp3) is 0.600. The lowest BCUT2D eigenvalue weighted by atomic mass is 9.90. The molecule has 17 heavy (non-hydrogen) atoms. The van der Waals surface area contributed by atoms with E-state index >= 15 is 0 Å². The van der Waals surface area contributed by atoms with Crippen molar-refractivity contribution in [3.63, 3.8) is 0 Å². The first-order valence-electron chi connectivity index (χ1n) is 6.75. The van der Waals surface area contributed by atoms with Crippen molar-refractivity contribution in [1.82, 2.24) is 4.90 Å². The number of hydrogen-bond donors (Lipinski definition) is 1. The minimum absolute atomic E-state index is 0.616. The molecule has 2 nitrogen and oxygen atoms in total. The van der Waals surface area contributed by atoms with E-state index in [9.17, 15) is 0 Å². The van der Waals surface area contributed by atoms with Crippen LogP contribution in [0.15, 0.2) is 30.3 Å². The lowest BCUT2D eigenvalue weighted by Gasteiger charge is -2.32. The van der Waals surface area contributed by atoms with Gasteiger partial charge in [-0.2, -0.15) is 0 Å². The fourth-order valence-corrected chi connectivity index (χ4v) is 2.94. The number of likely N-dealkylation sites (tertiary alicyclic amines) is 1. The predicted molar refractivity (Wildman–Crippen MR) is 73.0 cm³/mol. The number of benzene rings is 1. The Balaban J connectivity index is 2.09. The zero-order valence-corrected chi connectivity index (χ0v) is 10.8. The minimum Gasteiger partial charge on any atom is -0.330 e. The Labute approximate surface area is 105 Å². The molecule has 1 saturated heterocycles. The van der Waals surface area contributed by atoms with Crippen molar-refractivity contribution >= 4 is 0 Å². The van der Waals surface area contributed by atoms with Crippen LogP contribution in [0.1, 0.15) is 24.8 Å². The quantitative estimate of drug-likeness (QED) is 0.866. The molecule has 0 saturated carbocycles. The van der Waals surface area contributed by atoms with E-state index in [0.717, 1.165) is 13.0 Å². The van der Waals surface area contributed by atoms with Gasteiger partial charge in [0.25, 0.3) is 0 Å². The number of nitrogens with two attached hydrogens (primary N) is 1. The molecule has 1 fully saturated rings. The number of rotatable bonds is 3. The van der Waals surface area contributed by atoms with Crippen LogP contribution in [0.4, 0.5) is 0 Å². The molecule has 0 bridgehead atoms. The standard InChI is InChI=1S/C15H24N2/c1-17-10-6-5-9-14(12-16)15(17)11-13-7-3-2-4-8-13/h2-4,7-8,14-15H,5-6,9-12,16H2,1H3/t14-,15-/m1/s1. The van der Waals surface area contributed by atoms with Gasteiger partial charge in [0.1, 0.15) is 0 Å². The first kappa shape index (κ1) is 12.6. The second-order valence-corrected chi connectivity index (χ2v) is 5.23. The van der Waals surface area contributed by atoms with Gasteiger partial charge in [0.15, 0.2) is 0 Å². The summed E-state index contributed by atoms with van der Waals surface area (Å²) in [5, 5.41) is 0. The highest BCUT2D eigenvalue weighted by Crippen LogP contribution is 2.24. The highest BCUT2D eigenvalue weighted by Gasteiger charge is 2.26. The fourth-order valence-electron chi connectivity index (χ4n) is 2.94. The third-order valence-corrected chi connectivity index (χ3v) is 4.04. The number of hydrogen-bond acceptors (Lipinski definition) is 2. The summed E-state index contributed by atoms with van der Waals surface area (Å²) < 4.78 is 0. The molecule has 1 aromatic carbocycles. The van der Waals surface area contributed by atoms with Gasteiger partial charge < -0.3 is 10.6 Å². The lowest BCUT2D eigenvalue weighted by molar-refractivity contribution is 0.192. The van der Waals surface area contributed by atoms with Gasteiger partial charge in [0.05, 0.1) is 0 Å². The maximum atomic E-state index is 5.95. The third kappa shape index (κ3) is 3.30. The van der Waals surface area contributed by atoms with Crippen LogP contribution in [0.3, 0.4) is 0 Å². The molecule has 2 atom stereocenters. The van der Waals surface area contributed by atoms with Crippen LogP contribution in [-0.2, 0) is 6.42 Å². The van der Waals surface area contributed by atoms with Crippen LogP contribution in [0.25, 0.3) is 0 Å². The van der Waals surface area contributed by atoms with E-state index < -0.39 is 0 Å². The van der Waals surface area contributed by atoms with E-state index in [1.54, 1.807) is 0 Å². The van der Waals surface area contributed by atoms with E-state index in [0.29, 0.717) is 12.0 Å². The molecule has 94 valence electrons. The molecule has 0 aromatic heterocycles. The van der Waals surface area contributed by atoms with Gasteiger partial charge in [-0.15, -0.1) is 0 Å². The summed E-state index contributed by atoms with van der Waals surface area (Å²) in [6.45, 7) is 2.04. The van der Waals surface area contributed by atoms with Crippen molar-refractivity contribution < 1.29 is 0 Å². The van der Waals surface area contributed by atoms with E-state index in [1.807, 2.05) is 0 Å². The Bertz CT molecular complexity index is 323. The maximum Gasteiger partial charge on any atom is 0.0173 e. The van der Waals surface area contributed by atoms with Crippen molar-refractivity contribution in [3.8, 4) is 0 Å². The topological polar surface area (TPSA) is 29.3 Å². The van der Waals surface area contributed by atoms with Crippen LogP contribution in [0, 0.1) is 5.92 Å². The Hall–Kier alpha value is -0.860. The van der Waals surface area contributed by atoms with Crippen molar-refractivity contribution in [3.05, 3.63) is 35.9 Å². The molecular formula is C15H24N2. The van der Waals surface area contributed by atoms with E-state index in [-0.39, 0.29) is 0 Å². The minimum atomic E-state index is 0.616. The summed E-state index contributed by atoms with van der Waals surface area (Å²) in [6.07, 6.45) is 5.08. The summed E-state index contributed by atoms with van der Waals surface area (Å²) in [4.78, 5) is 2.51. The van der Waals surface area contributed by atoms with Crippen LogP contribution in [0.5, 0.6) is 0 Å². The molecule has 1 aromatic rings. The van der Waals surface area contributed by atoms with Gasteiger partial charge in [-0.25, -0.2) is 0 Å². The Morgan fingerprint density at radius 3 is 2.71 bits per heavy atom. The number of likely N-dealkylation sites (N-methyl/N-ethyl adjacent to an activating group) is 1. The molecule has 2 N–H and O–H groups in total. The molecule has 0 amide bonds. The van der Waals surface area contributed by atoms with Crippen LogP contribution < -0.4 is 5.73 Å². The van der Waals surface area contributed by atoms with Gasteiger partial charge in [0, 0.05) is 6.04 Å². The van der Waals surface area contributed by atoms with Crippen molar-refractivity contribution in [2.75, 3.05) is 20.1 Å². The molecule has 0 spiro atoms. The van der Waals surface area contributed by atoms with E-state index in [2.05, 4.69) is 42.3 Å². The number of nitrogens with zero attached hydrogens (tertiary/aromatic N) is 1. The smallest absolute Gasteiger partial charge is 0.0173 e. The summed E-state index contributed by atoms with van der Waals surface area (Å²) in [7, 11) is 2.25. The first-order chi connectivity index (χ1) is 8.31. The highest BCUT2D eigenvalue weighted by atomic mass is 15.1. The first-order valence-corrected chi connectivity index (χ1v) is 6.75. The Morgan fingerprint density at radius 1 is 1.24 bits per heavy atom. The SMILES string of the molecule is CN1CCCC[C@H](CN)[C@H]1Cc1ccccc1. The predicted octanol–water partition coefficient (Wildman–Crippen LogP) is 2.29. The van der Waals surface area contributed by atoms with Gasteiger partial charge in [-0.1, -0.05) is 36.8 Å². The molecule has 0 unspecified atom stereocenters. The molecule has 1 heterocycles. The second-order valence-electron chi connectivity index (χ2n) is 5.23. The zero-order chi connectivity index (χ0) is 12.1. The summed E-state index contributed by atoms with van der Waals surface area (Å²) in [5.41, 5.74) is 7.39. The van der Waals surface area contributed by atoms with Gasteiger partial charge in [0.2, 0.25) is 0 Å². The average Bonchev–Trinajstić information content (AvgIpc) is 2.54. The van der Waals surface area contributed by atoms with E-state index in [1.165, 1.54) is 31.4 Å². The van der Waals surface area contributed by atoms with Crippen molar-refractivity contribution in [2.24, 2.45) is 11.7 Å². The normalized spacial score (nSPS) is 26.7. The summed E-state index contributed by atoms with van der Waals surface area (Å²) >= 11 is 0. The van der Waals surface area contributed by atoms with Gasteiger partial charge in [-0.05, 0) is 50.9 Å². The maximum absolute atomic E-state index is 5.95. The summed E-state index contributed by atoms with van der Waals surface area (Å²) in [6, 6.07) is 11.4. The van der Waals surface area contributed by atoms with E-state index in [4.69, 9.17) is 5.73 Å². The molecule has 2 heteroatoms. The zero-order valence-electron chi connectivity index (χ0n) is 10.8. The Kier molecular flexibility index (Phi) is 4.57. The molecule has 1 aliphatic heterocycles. The van der Waals surface area contributed by atoms with Crippen LogP contribution >= 0.6 is 0 Å². The second kappa shape index (κ2) is 6.18. The van der Waals surface area contributed by atoms with Gasteiger partial charge >= 0.3 is 0 Å². The molecule has 0 radical (unpaired) electrons. The average molecular weight is 232 g/mol. The van der Waals surface area contributed by atoms with Crippen LogP contribution in [0.2, 0.25) is 0 Å². The third-order valence-electron chi connectivity index (χ3n) is 4.04. The van der Waals surface area contributed by atoms with Crippen LogP contribution in [-0.4, -0.2) is 31.1 Å². The Morgan fingerprint density at radius 2 is 2.00 bits per heavy atom. The summed E-state index contributed by atoms with van der Waals surface area (Å²) in [5.74, 6) is 0.655. The lowest BCUT2D eigenvalue weighted by Crippen LogP contribution is -2.41. The largest absolute Gasteiger partial charge is 0.330 e. The molecule has 0 aliphatic carbocycles. The monoisotopic (exact) mass is 232 g/mol. The van der Waals surface area contributed by atoms with Crippen molar-refractivity contribution in [1.29, 1.82) is 0 Å². The highest BCUT2D eigenvalue weighted by molar-refractivity contribution is 5.16. The molecule has 2 rings (SSSR count). The molecule has 1 aliphatic rings. The van der Waals surface area contributed by atoms with Crippen molar-refractivity contribution in [2.45, 2.75) is 31.7 Å². The molecular weight excluding hydrogens is 208 g/mol. The van der Waals surface area contributed by atoms with Gasteiger partial charge in [-0.3, -0.25) is 0 Å².